The van der Waals surface area contributed by atoms with Gasteiger partial charge in [-0.05, 0) is 63.7 Å². The lowest BCUT2D eigenvalue weighted by Crippen LogP contribution is -1.89. The summed E-state index contributed by atoms with van der Waals surface area (Å²) in [6, 6.07) is 3.71. The summed E-state index contributed by atoms with van der Waals surface area (Å²) in [5.41, 5.74) is 0.713. The molecule has 1 rings (SSSR count). The van der Waals surface area contributed by atoms with Crippen LogP contribution in [0.1, 0.15) is 5.56 Å². The van der Waals surface area contributed by atoms with Crippen LogP contribution >= 0.6 is 45.2 Å². The van der Waals surface area contributed by atoms with Gasteiger partial charge in [0.15, 0.2) is 0 Å². The molecule has 0 amide bonds. The third-order valence-electron chi connectivity index (χ3n) is 1.23. The van der Waals surface area contributed by atoms with E-state index >= 15 is 0 Å². The first-order chi connectivity index (χ1) is 4.63. The lowest BCUT2D eigenvalue weighted by molar-refractivity contribution is 0.609. The minimum absolute atomic E-state index is 0.0903. The Bertz CT molecular complexity index is 231. The summed E-state index contributed by atoms with van der Waals surface area (Å²) in [6.07, 6.45) is 0. The third-order valence-corrected chi connectivity index (χ3v) is 4.21. The molecular formula is C7H5FI2. The van der Waals surface area contributed by atoms with Crippen LogP contribution in [0.3, 0.4) is 0 Å². The van der Waals surface area contributed by atoms with Crippen molar-refractivity contribution in [2.45, 2.75) is 6.92 Å². The Balaban J connectivity index is 3.34. The molecule has 0 saturated carbocycles. The van der Waals surface area contributed by atoms with Crippen LogP contribution in [0.5, 0.6) is 0 Å². The molecule has 0 aliphatic heterocycles. The standard InChI is InChI=1S/C7H5FI2/c1-4-2-3-5(9)7(10)6(4)8/h2-3H,1H3. The normalized spacial score (nSPS) is 10.0. The molecule has 0 heterocycles. The van der Waals surface area contributed by atoms with E-state index in [2.05, 4.69) is 22.6 Å². The van der Waals surface area contributed by atoms with E-state index in [9.17, 15) is 4.39 Å². The third kappa shape index (κ3) is 1.61. The van der Waals surface area contributed by atoms with Crippen molar-refractivity contribution < 1.29 is 4.39 Å². The lowest BCUT2D eigenvalue weighted by atomic mass is 10.2. The Morgan fingerprint density at radius 3 is 2.40 bits per heavy atom. The van der Waals surface area contributed by atoms with E-state index in [1.165, 1.54) is 0 Å². The fourth-order valence-electron chi connectivity index (χ4n) is 0.622. The molecule has 0 nitrogen and oxygen atoms in total. The van der Waals surface area contributed by atoms with Crippen LogP contribution in [-0.4, -0.2) is 0 Å². The average Bonchev–Trinajstić information content (AvgIpc) is 1.93. The Morgan fingerprint density at radius 2 is 1.90 bits per heavy atom. The van der Waals surface area contributed by atoms with Crippen molar-refractivity contribution in [1.82, 2.24) is 0 Å². The van der Waals surface area contributed by atoms with Crippen LogP contribution < -0.4 is 0 Å². The largest absolute Gasteiger partial charge is 0.206 e. The summed E-state index contributed by atoms with van der Waals surface area (Å²) in [5.74, 6) is -0.0903. The lowest BCUT2D eigenvalue weighted by Gasteiger charge is -1.99. The molecule has 0 unspecified atom stereocenters. The first kappa shape index (κ1) is 8.70. The van der Waals surface area contributed by atoms with Gasteiger partial charge in [0.05, 0.1) is 3.57 Å². The first-order valence-electron chi connectivity index (χ1n) is 2.73. The second kappa shape index (κ2) is 3.34. The Morgan fingerprint density at radius 1 is 1.30 bits per heavy atom. The van der Waals surface area contributed by atoms with E-state index in [1.807, 2.05) is 28.7 Å². The minimum atomic E-state index is -0.0903. The second-order valence-corrected chi connectivity index (χ2v) is 4.23. The van der Waals surface area contributed by atoms with Crippen LogP contribution in [0, 0.1) is 19.9 Å². The van der Waals surface area contributed by atoms with Gasteiger partial charge in [-0.3, -0.25) is 0 Å². The van der Waals surface area contributed by atoms with E-state index in [4.69, 9.17) is 0 Å². The molecule has 0 radical (unpaired) electrons. The van der Waals surface area contributed by atoms with Crippen molar-refractivity contribution in [2.24, 2.45) is 0 Å². The van der Waals surface area contributed by atoms with Gasteiger partial charge in [-0.1, -0.05) is 6.07 Å². The van der Waals surface area contributed by atoms with Gasteiger partial charge in [-0.2, -0.15) is 0 Å². The zero-order valence-corrected chi connectivity index (χ0v) is 9.60. The number of hydrogen-bond donors (Lipinski definition) is 0. The van der Waals surface area contributed by atoms with E-state index in [0.29, 0.717) is 5.56 Å². The van der Waals surface area contributed by atoms with Crippen LogP contribution in [0.15, 0.2) is 12.1 Å². The Kier molecular flexibility index (Phi) is 2.91. The fourth-order valence-corrected chi connectivity index (χ4v) is 1.64. The highest BCUT2D eigenvalue weighted by atomic mass is 127. The van der Waals surface area contributed by atoms with Gasteiger partial charge in [0.1, 0.15) is 5.82 Å². The predicted molar refractivity (Wildman–Crippen MR) is 56.6 cm³/mol. The predicted octanol–water partition coefficient (Wildman–Crippen LogP) is 3.34. The van der Waals surface area contributed by atoms with Gasteiger partial charge >= 0.3 is 0 Å². The topological polar surface area (TPSA) is 0 Å². The quantitative estimate of drug-likeness (QED) is 0.491. The van der Waals surface area contributed by atoms with Crippen molar-refractivity contribution in [3.05, 3.63) is 30.7 Å². The van der Waals surface area contributed by atoms with Gasteiger partial charge in [-0.25, -0.2) is 4.39 Å². The highest BCUT2D eigenvalue weighted by Gasteiger charge is 2.04. The molecular weight excluding hydrogens is 357 g/mol. The number of aryl methyl sites for hydroxylation is 1. The van der Waals surface area contributed by atoms with Crippen LogP contribution in [0.2, 0.25) is 0 Å². The van der Waals surface area contributed by atoms with Gasteiger partial charge in [0, 0.05) is 3.57 Å². The van der Waals surface area contributed by atoms with Crippen molar-refractivity contribution >= 4 is 45.2 Å². The van der Waals surface area contributed by atoms with Crippen LogP contribution in [-0.2, 0) is 0 Å². The van der Waals surface area contributed by atoms with E-state index in [1.54, 1.807) is 13.0 Å². The fraction of sp³-hybridized carbons (Fsp3) is 0.143. The summed E-state index contributed by atoms with van der Waals surface area (Å²) >= 11 is 4.13. The molecule has 0 saturated heterocycles. The molecule has 0 atom stereocenters. The molecule has 0 aromatic heterocycles. The monoisotopic (exact) mass is 362 g/mol. The molecule has 54 valence electrons. The average molecular weight is 362 g/mol. The maximum Gasteiger partial charge on any atom is 0.140 e. The van der Waals surface area contributed by atoms with Gasteiger partial charge in [0.25, 0.3) is 0 Å². The van der Waals surface area contributed by atoms with E-state index < -0.39 is 0 Å². The maximum absolute atomic E-state index is 13.0. The molecule has 0 bridgehead atoms. The summed E-state index contributed by atoms with van der Waals surface area (Å²) in [4.78, 5) is 0. The first-order valence-corrected chi connectivity index (χ1v) is 4.89. The zero-order valence-electron chi connectivity index (χ0n) is 5.29. The SMILES string of the molecule is Cc1ccc(I)c(I)c1F. The highest BCUT2D eigenvalue weighted by molar-refractivity contribution is 14.1. The zero-order chi connectivity index (χ0) is 7.72. The number of hydrogen-bond acceptors (Lipinski definition) is 0. The molecule has 0 N–H and O–H groups in total. The molecule has 3 heteroatoms. The Labute approximate surface area is 86.5 Å². The summed E-state index contributed by atoms with van der Waals surface area (Å²) < 4.78 is 14.7. The van der Waals surface area contributed by atoms with Crippen LogP contribution in [0.25, 0.3) is 0 Å². The smallest absolute Gasteiger partial charge is 0.140 e. The molecule has 10 heavy (non-hydrogen) atoms. The maximum atomic E-state index is 13.0. The summed E-state index contributed by atoms with van der Waals surface area (Å²) in [7, 11) is 0. The molecule has 0 spiro atoms. The second-order valence-electron chi connectivity index (χ2n) is 1.99. The Hall–Kier alpha value is 0.610. The van der Waals surface area contributed by atoms with Crippen molar-refractivity contribution in [2.75, 3.05) is 0 Å². The van der Waals surface area contributed by atoms with Crippen molar-refractivity contribution in [3.8, 4) is 0 Å². The van der Waals surface area contributed by atoms with E-state index in [0.717, 1.165) is 7.14 Å². The van der Waals surface area contributed by atoms with E-state index in [-0.39, 0.29) is 5.82 Å². The van der Waals surface area contributed by atoms with Crippen molar-refractivity contribution in [3.63, 3.8) is 0 Å². The van der Waals surface area contributed by atoms with Gasteiger partial charge < -0.3 is 0 Å². The molecule has 1 aromatic carbocycles. The van der Waals surface area contributed by atoms with Gasteiger partial charge in [0.2, 0.25) is 0 Å². The molecule has 0 aliphatic rings. The minimum Gasteiger partial charge on any atom is -0.206 e. The number of halogens is 3. The van der Waals surface area contributed by atoms with Gasteiger partial charge in [-0.15, -0.1) is 0 Å². The summed E-state index contributed by atoms with van der Waals surface area (Å²) in [6.45, 7) is 1.77. The number of benzene rings is 1. The summed E-state index contributed by atoms with van der Waals surface area (Å²) in [5, 5.41) is 0. The molecule has 1 aromatic rings. The van der Waals surface area contributed by atoms with Crippen molar-refractivity contribution in [1.29, 1.82) is 0 Å². The number of rotatable bonds is 0. The van der Waals surface area contributed by atoms with Crippen LogP contribution in [0.4, 0.5) is 4.39 Å². The molecule has 0 aliphatic carbocycles. The highest BCUT2D eigenvalue weighted by Crippen LogP contribution is 2.20. The molecule has 0 fully saturated rings.